The molecule has 1 aliphatic heterocycles. The fourth-order valence-corrected chi connectivity index (χ4v) is 3.77. The van der Waals surface area contributed by atoms with Crippen LogP contribution in [0.1, 0.15) is 0 Å². The number of methoxy groups -OCH3 is 2. The van der Waals surface area contributed by atoms with Crippen molar-refractivity contribution in [2.45, 2.75) is 0 Å². The second kappa shape index (κ2) is 7.21. The van der Waals surface area contributed by atoms with Gasteiger partial charge in [-0.05, 0) is 24.3 Å². The summed E-state index contributed by atoms with van der Waals surface area (Å²) in [5.74, 6) is 1.26. The van der Waals surface area contributed by atoms with Gasteiger partial charge in [0.15, 0.2) is 11.5 Å². The van der Waals surface area contributed by atoms with Crippen LogP contribution >= 0.6 is 0 Å². The molecule has 0 aliphatic carbocycles. The van der Waals surface area contributed by atoms with Gasteiger partial charge in [-0.2, -0.15) is 15.3 Å². The molecule has 2 aromatic heterocycles. The Bertz CT molecular complexity index is 1180. The predicted molar refractivity (Wildman–Crippen MR) is 110 cm³/mol. The molecule has 8 heteroatoms. The van der Waals surface area contributed by atoms with E-state index in [9.17, 15) is 0 Å². The van der Waals surface area contributed by atoms with E-state index < -0.39 is 0 Å². The van der Waals surface area contributed by atoms with Crippen LogP contribution in [0.15, 0.2) is 42.7 Å². The van der Waals surface area contributed by atoms with Crippen molar-refractivity contribution in [2.75, 3.05) is 45.4 Å². The minimum Gasteiger partial charge on any atom is -0.493 e. The van der Waals surface area contributed by atoms with Gasteiger partial charge in [-0.25, -0.2) is 4.68 Å². The summed E-state index contributed by atoms with van der Waals surface area (Å²) in [6.45, 7) is 3.33. The molecule has 1 saturated heterocycles. The first-order valence-electron chi connectivity index (χ1n) is 9.47. The maximum atomic E-state index is 5.47. The largest absolute Gasteiger partial charge is 0.493 e. The number of fused-ring (bicyclic) bond motifs is 2. The van der Waals surface area contributed by atoms with Crippen LogP contribution in [0.4, 0.5) is 5.69 Å². The Morgan fingerprint density at radius 2 is 1.76 bits per heavy atom. The highest BCUT2D eigenvalue weighted by Gasteiger charge is 2.16. The Morgan fingerprint density at radius 3 is 2.55 bits per heavy atom. The van der Waals surface area contributed by atoms with Gasteiger partial charge in [0.05, 0.1) is 56.5 Å². The standard InChI is InChI=1S/C21H21N5O3/c1-27-20-10-16-17(11-21(20)28-2)24-22-13-19(16)26-18-4-3-15(9-14(18)12-23-26)25-5-7-29-8-6-25/h3-4,9-13H,5-8H2,1-2H3. The zero-order chi connectivity index (χ0) is 19.8. The SMILES string of the molecule is COc1cc2nncc(-n3ncc4cc(N5CCOCC5)ccc43)c2cc1OC. The van der Waals surface area contributed by atoms with E-state index in [1.807, 2.05) is 23.0 Å². The van der Waals surface area contributed by atoms with Crippen LogP contribution in [0.3, 0.4) is 0 Å². The first-order valence-corrected chi connectivity index (χ1v) is 9.47. The third-order valence-corrected chi connectivity index (χ3v) is 5.28. The lowest BCUT2D eigenvalue weighted by atomic mass is 10.1. The zero-order valence-corrected chi connectivity index (χ0v) is 16.3. The number of rotatable bonds is 4. The summed E-state index contributed by atoms with van der Waals surface area (Å²) in [6.07, 6.45) is 3.60. The lowest BCUT2D eigenvalue weighted by Crippen LogP contribution is -2.36. The molecular weight excluding hydrogens is 370 g/mol. The maximum Gasteiger partial charge on any atom is 0.162 e. The van der Waals surface area contributed by atoms with Gasteiger partial charge in [0.2, 0.25) is 0 Å². The van der Waals surface area contributed by atoms with Crippen LogP contribution in [0.2, 0.25) is 0 Å². The fraction of sp³-hybridized carbons (Fsp3) is 0.286. The van der Waals surface area contributed by atoms with Crippen LogP contribution < -0.4 is 14.4 Å². The number of nitrogens with zero attached hydrogens (tertiary/aromatic N) is 5. The molecule has 2 aromatic carbocycles. The molecule has 29 heavy (non-hydrogen) atoms. The Balaban J connectivity index is 1.62. The third kappa shape index (κ3) is 3.01. The van der Waals surface area contributed by atoms with E-state index in [4.69, 9.17) is 14.2 Å². The molecule has 0 spiro atoms. The Morgan fingerprint density at radius 1 is 0.966 bits per heavy atom. The predicted octanol–water partition coefficient (Wildman–Crippen LogP) is 2.82. The number of ether oxygens (including phenoxy) is 3. The highest BCUT2D eigenvalue weighted by atomic mass is 16.5. The summed E-state index contributed by atoms with van der Waals surface area (Å²) in [4.78, 5) is 2.33. The van der Waals surface area contributed by atoms with Gasteiger partial charge in [0.1, 0.15) is 0 Å². The molecule has 5 rings (SSSR count). The van der Waals surface area contributed by atoms with E-state index >= 15 is 0 Å². The van der Waals surface area contributed by atoms with Crippen LogP contribution in [-0.2, 0) is 4.74 Å². The first kappa shape index (κ1) is 17.7. The van der Waals surface area contributed by atoms with Crippen molar-refractivity contribution in [1.82, 2.24) is 20.0 Å². The summed E-state index contributed by atoms with van der Waals surface area (Å²) in [7, 11) is 3.22. The van der Waals surface area contributed by atoms with Gasteiger partial charge in [0, 0.05) is 35.6 Å². The normalized spacial score (nSPS) is 14.5. The van der Waals surface area contributed by atoms with E-state index in [-0.39, 0.29) is 0 Å². The van der Waals surface area contributed by atoms with Crippen molar-refractivity contribution in [3.63, 3.8) is 0 Å². The molecule has 148 valence electrons. The molecule has 0 N–H and O–H groups in total. The minimum absolute atomic E-state index is 0.618. The van der Waals surface area contributed by atoms with Gasteiger partial charge in [-0.3, -0.25) is 0 Å². The Labute approximate surface area is 167 Å². The van der Waals surface area contributed by atoms with Crippen LogP contribution in [-0.4, -0.2) is 60.5 Å². The lowest BCUT2D eigenvalue weighted by molar-refractivity contribution is 0.122. The summed E-state index contributed by atoms with van der Waals surface area (Å²) in [6, 6.07) is 10.1. The van der Waals surface area contributed by atoms with Crippen molar-refractivity contribution in [2.24, 2.45) is 0 Å². The molecule has 4 aromatic rings. The fourth-order valence-electron chi connectivity index (χ4n) is 3.77. The lowest BCUT2D eigenvalue weighted by Gasteiger charge is -2.28. The molecule has 1 fully saturated rings. The van der Waals surface area contributed by atoms with Crippen molar-refractivity contribution >= 4 is 27.5 Å². The number of morpholine rings is 1. The van der Waals surface area contributed by atoms with E-state index in [1.165, 1.54) is 5.69 Å². The molecule has 0 radical (unpaired) electrons. The summed E-state index contributed by atoms with van der Waals surface area (Å²) < 4.78 is 18.2. The topological polar surface area (TPSA) is 74.5 Å². The minimum atomic E-state index is 0.618. The molecule has 0 bridgehead atoms. The molecule has 8 nitrogen and oxygen atoms in total. The monoisotopic (exact) mass is 391 g/mol. The van der Waals surface area contributed by atoms with Crippen LogP contribution in [0, 0.1) is 0 Å². The molecule has 0 unspecified atom stereocenters. The van der Waals surface area contributed by atoms with Gasteiger partial charge in [0.25, 0.3) is 0 Å². The maximum absolute atomic E-state index is 5.47. The molecule has 3 heterocycles. The Kier molecular flexibility index (Phi) is 4.40. The second-order valence-electron chi connectivity index (χ2n) is 6.85. The molecular formula is C21H21N5O3. The summed E-state index contributed by atoms with van der Waals surface area (Å²) in [5, 5.41) is 15.0. The first-order chi connectivity index (χ1) is 14.3. The highest BCUT2D eigenvalue weighted by Crippen LogP contribution is 2.34. The number of hydrogen-bond acceptors (Lipinski definition) is 7. The van der Waals surface area contributed by atoms with Crippen molar-refractivity contribution in [3.8, 4) is 17.2 Å². The average Bonchev–Trinajstić information content (AvgIpc) is 3.21. The quantitative estimate of drug-likeness (QED) is 0.530. The van der Waals surface area contributed by atoms with Gasteiger partial charge < -0.3 is 19.1 Å². The number of anilines is 1. The van der Waals surface area contributed by atoms with Crippen molar-refractivity contribution < 1.29 is 14.2 Å². The van der Waals surface area contributed by atoms with E-state index in [2.05, 4.69) is 38.4 Å². The highest BCUT2D eigenvalue weighted by molar-refractivity contribution is 5.92. The van der Waals surface area contributed by atoms with E-state index in [0.29, 0.717) is 17.0 Å². The smallest absolute Gasteiger partial charge is 0.162 e. The van der Waals surface area contributed by atoms with E-state index in [1.54, 1.807) is 20.4 Å². The van der Waals surface area contributed by atoms with Crippen LogP contribution in [0.25, 0.3) is 27.5 Å². The molecule has 0 amide bonds. The van der Waals surface area contributed by atoms with Crippen molar-refractivity contribution in [3.05, 3.63) is 42.7 Å². The third-order valence-electron chi connectivity index (χ3n) is 5.28. The molecule has 0 atom stereocenters. The molecule has 1 aliphatic rings. The van der Waals surface area contributed by atoms with Crippen molar-refractivity contribution in [1.29, 1.82) is 0 Å². The van der Waals surface area contributed by atoms with Gasteiger partial charge >= 0.3 is 0 Å². The van der Waals surface area contributed by atoms with Crippen LogP contribution in [0.5, 0.6) is 11.5 Å². The second-order valence-corrected chi connectivity index (χ2v) is 6.85. The number of benzene rings is 2. The summed E-state index contributed by atoms with van der Waals surface area (Å²) in [5.41, 5.74) is 3.74. The number of aromatic nitrogens is 4. The number of hydrogen-bond donors (Lipinski definition) is 0. The summed E-state index contributed by atoms with van der Waals surface area (Å²) >= 11 is 0. The zero-order valence-electron chi connectivity index (χ0n) is 16.3. The van der Waals surface area contributed by atoms with E-state index in [0.717, 1.165) is 48.3 Å². The molecule has 0 saturated carbocycles. The van der Waals surface area contributed by atoms with Gasteiger partial charge in [-0.1, -0.05) is 0 Å². The Hall–Kier alpha value is -3.39. The van der Waals surface area contributed by atoms with Gasteiger partial charge in [-0.15, -0.1) is 0 Å². The average molecular weight is 391 g/mol.